The monoisotopic (exact) mass is 313 g/mol. The van der Waals surface area contributed by atoms with Crippen LogP contribution >= 0.6 is 11.8 Å². The van der Waals surface area contributed by atoms with Crippen molar-refractivity contribution in [1.29, 1.82) is 0 Å². The summed E-state index contributed by atoms with van der Waals surface area (Å²) in [5.74, 6) is 2.81. The number of aliphatic hydroxyl groups excluding tert-OH is 1. The van der Waals surface area contributed by atoms with Crippen LogP contribution in [0.25, 0.3) is 0 Å². The molecule has 0 atom stereocenters. The van der Waals surface area contributed by atoms with Gasteiger partial charge in [-0.2, -0.15) is 11.8 Å². The molecule has 0 unspecified atom stereocenters. The third-order valence-corrected chi connectivity index (χ3v) is 3.77. The van der Waals surface area contributed by atoms with E-state index in [0.29, 0.717) is 30.2 Å². The van der Waals surface area contributed by atoms with Crippen LogP contribution in [-0.4, -0.2) is 49.4 Å². The average Bonchev–Trinajstić information content (AvgIpc) is 2.51. The standard InChI is InChI=1S/C15H23NO4S/c1-3-20-13-6-5-12(11-14(13)19-2)15(18)16-7-10-21-9-4-8-17/h5-6,11,17H,3-4,7-10H2,1-2H3,(H,16,18). The van der Waals surface area contributed by atoms with Crippen LogP contribution in [0.5, 0.6) is 11.5 Å². The van der Waals surface area contributed by atoms with E-state index in [9.17, 15) is 4.79 Å². The summed E-state index contributed by atoms with van der Waals surface area (Å²) < 4.78 is 10.6. The smallest absolute Gasteiger partial charge is 0.251 e. The zero-order chi connectivity index (χ0) is 15.5. The van der Waals surface area contributed by atoms with Gasteiger partial charge in [-0.15, -0.1) is 0 Å². The average molecular weight is 313 g/mol. The van der Waals surface area contributed by atoms with Gasteiger partial charge >= 0.3 is 0 Å². The minimum atomic E-state index is -0.126. The molecule has 0 saturated heterocycles. The Morgan fingerprint density at radius 1 is 1.33 bits per heavy atom. The first-order valence-corrected chi connectivity index (χ1v) is 8.16. The summed E-state index contributed by atoms with van der Waals surface area (Å²) in [6.07, 6.45) is 0.786. The second-order valence-electron chi connectivity index (χ2n) is 4.24. The predicted molar refractivity (Wildman–Crippen MR) is 85.5 cm³/mol. The number of thioether (sulfide) groups is 1. The zero-order valence-electron chi connectivity index (χ0n) is 12.6. The van der Waals surface area contributed by atoms with Crippen molar-refractivity contribution < 1.29 is 19.4 Å². The number of nitrogens with one attached hydrogen (secondary N) is 1. The highest BCUT2D eigenvalue weighted by Crippen LogP contribution is 2.27. The van der Waals surface area contributed by atoms with Crippen LogP contribution in [0, 0.1) is 0 Å². The van der Waals surface area contributed by atoms with Gasteiger partial charge in [0.1, 0.15) is 0 Å². The van der Waals surface area contributed by atoms with Gasteiger partial charge in [-0.1, -0.05) is 0 Å². The van der Waals surface area contributed by atoms with Gasteiger partial charge in [0.15, 0.2) is 11.5 Å². The van der Waals surface area contributed by atoms with Crippen LogP contribution < -0.4 is 14.8 Å². The Balaban J connectivity index is 2.46. The fraction of sp³-hybridized carbons (Fsp3) is 0.533. The minimum absolute atomic E-state index is 0.126. The molecule has 0 heterocycles. The minimum Gasteiger partial charge on any atom is -0.493 e. The quantitative estimate of drug-likeness (QED) is 0.646. The normalized spacial score (nSPS) is 10.2. The van der Waals surface area contributed by atoms with E-state index >= 15 is 0 Å². The van der Waals surface area contributed by atoms with Gasteiger partial charge in [0, 0.05) is 24.5 Å². The maximum absolute atomic E-state index is 12.0. The molecule has 0 aliphatic carbocycles. The number of ether oxygens (including phenoxy) is 2. The fourth-order valence-electron chi connectivity index (χ4n) is 1.69. The summed E-state index contributed by atoms with van der Waals surface area (Å²) in [4.78, 5) is 12.0. The molecule has 1 rings (SSSR count). The van der Waals surface area contributed by atoms with Crippen molar-refractivity contribution in [1.82, 2.24) is 5.32 Å². The number of aliphatic hydroxyl groups is 1. The van der Waals surface area contributed by atoms with Crippen molar-refractivity contribution in [2.45, 2.75) is 13.3 Å². The molecule has 0 aromatic heterocycles. The Hall–Kier alpha value is -1.40. The van der Waals surface area contributed by atoms with Crippen LogP contribution in [0.1, 0.15) is 23.7 Å². The second-order valence-corrected chi connectivity index (χ2v) is 5.47. The number of carbonyl (C=O) groups excluding carboxylic acids is 1. The molecule has 0 aliphatic rings. The van der Waals surface area contributed by atoms with E-state index in [1.54, 1.807) is 37.1 Å². The molecule has 2 N–H and O–H groups in total. The predicted octanol–water partition coefficient (Wildman–Crippen LogP) is 1.94. The molecule has 118 valence electrons. The summed E-state index contributed by atoms with van der Waals surface area (Å²) in [7, 11) is 1.55. The van der Waals surface area contributed by atoms with Crippen molar-refractivity contribution >= 4 is 17.7 Å². The Labute approximate surface area is 130 Å². The molecule has 5 nitrogen and oxygen atoms in total. The van der Waals surface area contributed by atoms with Crippen molar-refractivity contribution in [2.75, 3.05) is 38.4 Å². The summed E-state index contributed by atoms with van der Waals surface area (Å²) in [6.45, 7) is 3.26. The Morgan fingerprint density at radius 3 is 2.81 bits per heavy atom. The molecule has 0 saturated carbocycles. The lowest BCUT2D eigenvalue weighted by atomic mass is 10.2. The lowest BCUT2D eigenvalue weighted by Gasteiger charge is -2.11. The highest BCUT2D eigenvalue weighted by atomic mass is 32.2. The SMILES string of the molecule is CCOc1ccc(C(=O)NCCSCCCO)cc1OC. The van der Waals surface area contributed by atoms with Gasteiger partial charge in [-0.05, 0) is 37.3 Å². The molecule has 6 heteroatoms. The first kappa shape index (κ1) is 17.7. The Morgan fingerprint density at radius 2 is 2.14 bits per heavy atom. The van der Waals surface area contributed by atoms with Gasteiger partial charge in [0.25, 0.3) is 5.91 Å². The molecule has 0 spiro atoms. The van der Waals surface area contributed by atoms with E-state index in [0.717, 1.165) is 17.9 Å². The molecular weight excluding hydrogens is 290 g/mol. The maximum Gasteiger partial charge on any atom is 0.251 e. The van der Waals surface area contributed by atoms with E-state index < -0.39 is 0 Å². The fourth-order valence-corrected chi connectivity index (χ4v) is 2.47. The van der Waals surface area contributed by atoms with Gasteiger partial charge in [-0.3, -0.25) is 4.79 Å². The van der Waals surface area contributed by atoms with Gasteiger partial charge < -0.3 is 19.9 Å². The highest BCUT2D eigenvalue weighted by molar-refractivity contribution is 7.99. The molecule has 1 aromatic carbocycles. The number of hydrogen-bond acceptors (Lipinski definition) is 5. The molecule has 0 bridgehead atoms. The summed E-state index contributed by atoms with van der Waals surface area (Å²) >= 11 is 1.71. The van der Waals surface area contributed by atoms with Crippen LogP contribution in [0.4, 0.5) is 0 Å². The third kappa shape index (κ3) is 6.27. The Bertz CT molecular complexity index is 440. The molecule has 1 amide bonds. The largest absolute Gasteiger partial charge is 0.493 e. The summed E-state index contributed by atoms with van der Waals surface area (Å²) in [6, 6.07) is 5.15. The van der Waals surface area contributed by atoms with E-state index in [-0.39, 0.29) is 12.5 Å². The van der Waals surface area contributed by atoms with Gasteiger partial charge in [0.2, 0.25) is 0 Å². The lowest BCUT2D eigenvalue weighted by molar-refractivity contribution is 0.0955. The molecule has 21 heavy (non-hydrogen) atoms. The van der Waals surface area contributed by atoms with Gasteiger partial charge in [-0.25, -0.2) is 0 Å². The molecule has 0 aliphatic heterocycles. The summed E-state index contributed by atoms with van der Waals surface area (Å²) in [5.41, 5.74) is 0.552. The van der Waals surface area contributed by atoms with Crippen LogP contribution in [0.2, 0.25) is 0 Å². The summed E-state index contributed by atoms with van der Waals surface area (Å²) in [5, 5.41) is 11.5. The number of hydrogen-bond donors (Lipinski definition) is 2. The van der Waals surface area contributed by atoms with E-state index in [4.69, 9.17) is 14.6 Å². The second kappa shape index (κ2) is 10.3. The molecular formula is C15H23NO4S. The zero-order valence-corrected chi connectivity index (χ0v) is 13.4. The van der Waals surface area contributed by atoms with Crippen molar-refractivity contribution in [3.8, 4) is 11.5 Å². The van der Waals surface area contributed by atoms with E-state index in [2.05, 4.69) is 5.32 Å². The number of rotatable bonds is 10. The molecule has 0 radical (unpaired) electrons. The van der Waals surface area contributed by atoms with E-state index in [1.807, 2.05) is 6.92 Å². The first-order chi connectivity index (χ1) is 10.2. The number of benzene rings is 1. The van der Waals surface area contributed by atoms with Crippen molar-refractivity contribution in [2.24, 2.45) is 0 Å². The number of carbonyl (C=O) groups is 1. The topological polar surface area (TPSA) is 67.8 Å². The van der Waals surface area contributed by atoms with Crippen molar-refractivity contribution in [3.05, 3.63) is 23.8 Å². The third-order valence-electron chi connectivity index (χ3n) is 2.70. The molecule has 0 fully saturated rings. The van der Waals surface area contributed by atoms with E-state index in [1.165, 1.54) is 0 Å². The number of methoxy groups -OCH3 is 1. The lowest BCUT2D eigenvalue weighted by Crippen LogP contribution is -2.25. The molecule has 1 aromatic rings. The van der Waals surface area contributed by atoms with Crippen LogP contribution in [-0.2, 0) is 0 Å². The number of amides is 1. The Kier molecular flexibility index (Phi) is 8.69. The van der Waals surface area contributed by atoms with Crippen LogP contribution in [0.15, 0.2) is 18.2 Å². The van der Waals surface area contributed by atoms with Crippen LogP contribution in [0.3, 0.4) is 0 Å². The van der Waals surface area contributed by atoms with Crippen molar-refractivity contribution in [3.63, 3.8) is 0 Å². The van der Waals surface area contributed by atoms with Gasteiger partial charge in [0.05, 0.1) is 13.7 Å². The first-order valence-electron chi connectivity index (χ1n) is 7.00. The maximum atomic E-state index is 12.0. The highest BCUT2D eigenvalue weighted by Gasteiger charge is 2.10.